The molecule has 0 atom stereocenters. The Hall–Kier alpha value is -3.39. The van der Waals surface area contributed by atoms with Crippen LogP contribution in [0.15, 0.2) is 66.6 Å². The Labute approximate surface area is 188 Å². The van der Waals surface area contributed by atoms with Gasteiger partial charge in [-0.3, -0.25) is 24.4 Å². The van der Waals surface area contributed by atoms with E-state index in [1.165, 1.54) is 15.9 Å². The number of allylic oxidation sites excluding steroid dienone is 8. The highest BCUT2D eigenvalue weighted by Gasteiger charge is 2.37. The lowest BCUT2D eigenvalue weighted by Crippen LogP contribution is -2.55. The van der Waals surface area contributed by atoms with Crippen molar-refractivity contribution >= 4 is 41.0 Å². The van der Waals surface area contributed by atoms with Crippen LogP contribution in [-0.4, -0.2) is 63.9 Å². The number of carbonyl (C=O) groups excluding carboxylic acids is 2. The Morgan fingerprint density at radius 3 is 1.90 bits per heavy atom. The van der Waals surface area contributed by atoms with E-state index in [0.717, 1.165) is 11.5 Å². The average molecular weight is 438 g/mol. The third-order valence-corrected chi connectivity index (χ3v) is 4.80. The van der Waals surface area contributed by atoms with E-state index in [1.807, 2.05) is 69.3 Å². The molecule has 1 fully saturated rings. The summed E-state index contributed by atoms with van der Waals surface area (Å²) < 4.78 is 0. The van der Waals surface area contributed by atoms with Crippen molar-refractivity contribution in [2.75, 3.05) is 32.1 Å². The van der Waals surface area contributed by atoms with Crippen molar-refractivity contribution in [1.29, 1.82) is 0 Å². The molecule has 2 rings (SSSR count). The lowest BCUT2D eigenvalue weighted by atomic mass is 10.1. The fraction of sp³-hybridized carbons (Fsp3) is 0.261. The van der Waals surface area contributed by atoms with Crippen LogP contribution in [0.4, 0.5) is 5.82 Å². The predicted octanol–water partition coefficient (Wildman–Crippen LogP) is 3.15. The molecule has 0 bridgehead atoms. The first kappa shape index (κ1) is 23.9. The maximum atomic E-state index is 12.5. The van der Waals surface area contributed by atoms with Gasteiger partial charge in [-0.25, -0.2) is 4.98 Å². The van der Waals surface area contributed by atoms with E-state index in [-0.39, 0.29) is 22.5 Å². The molecule has 162 valence electrons. The van der Waals surface area contributed by atoms with Crippen LogP contribution in [0.25, 0.3) is 6.08 Å². The second-order valence-corrected chi connectivity index (χ2v) is 7.03. The van der Waals surface area contributed by atoms with E-state index in [2.05, 4.69) is 9.97 Å². The summed E-state index contributed by atoms with van der Waals surface area (Å²) in [4.78, 5) is 38.3. The largest absolute Gasteiger partial charge is 0.361 e. The van der Waals surface area contributed by atoms with Gasteiger partial charge in [0.15, 0.2) is 5.11 Å². The van der Waals surface area contributed by atoms with Crippen molar-refractivity contribution in [1.82, 2.24) is 19.8 Å². The molecule has 0 aliphatic carbocycles. The zero-order chi connectivity index (χ0) is 22.8. The number of hydrogen-bond acceptors (Lipinski definition) is 6. The van der Waals surface area contributed by atoms with Crippen molar-refractivity contribution in [3.8, 4) is 0 Å². The van der Waals surface area contributed by atoms with E-state index in [0.29, 0.717) is 13.1 Å². The highest BCUT2D eigenvalue weighted by Crippen LogP contribution is 2.17. The summed E-state index contributed by atoms with van der Waals surface area (Å²) in [6.07, 6.45) is 19.5. The molecule has 2 heterocycles. The second-order valence-electron chi connectivity index (χ2n) is 6.67. The van der Waals surface area contributed by atoms with Gasteiger partial charge >= 0.3 is 0 Å². The molecule has 0 N–H and O–H groups in total. The van der Waals surface area contributed by atoms with Gasteiger partial charge in [0.05, 0.1) is 18.1 Å². The van der Waals surface area contributed by atoms with Crippen molar-refractivity contribution in [2.45, 2.75) is 13.8 Å². The van der Waals surface area contributed by atoms with E-state index >= 15 is 0 Å². The molecule has 0 unspecified atom stereocenters. The first-order chi connectivity index (χ1) is 14.9. The van der Waals surface area contributed by atoms with Crippen molar-refractivity contribution < 1.29 is 9.59 Å². The van der Waals surface area contributed by atoms with Gasteiger partial charge in [-0.05, 0) is 38.2 Å². The van der Waals surface area contributed by atoms with Crippen molar-refractivity contribution in [3.63, 3.8) is 0 Å². The van der Waals surface area contributed by atoms with Crippen LogP contribution >= 0.6 is 12.2 Å². The summed E-state index contributed by atoms with van der Waals surface area (Å²) in [5, 5.41) is 0.263. The number of hydrogen-bond donors (Lipinski definition) is 0. The molecule has 7 nitrogen and oxygen atoms in total. The molecule has 1 aliphatic heterocycles. The molecule has 0 aromatic carbocycles. The molecule has 0 radical (unpaired) electrons. The summed E-state index contributed by atoms with van der Waals surface area (Å²) in [7, 11) is 3.83. The zero-order valence-electron chi connectivity index (χ0n) is 18.2. The Morgan fingerprint density at radius 1 is 0.871 bits per heavy atom. The Bertz CT molecular complexity index is 931. The monoisotopic (exact) mass is 437 g/mol. The molecule has 2 amide bonds. The number of anilines is 1. The van der Waals surface area contributed by atoms with Gasteiger partial charge in [0.25, 0.3) is 11.8 Å². The third-order valence-electron chi connectivity index (χ3n) is 4.36. The number of thiocarbonyl (C=S) groups is 1. The normalized spacial score (nSPS) is 15.5. The lowest BCUT2D eigenvalue weighted by molar-refractivity contribution is -0.133. The van der Waals surface area contributed by atoms with Crippen molar-refractivity contribution in [3.05, 3.63) is 72.3 Å². The predicted molar refractivity (Wildman–Crippen MR) is 128 cm³/mol. The second kappa shape index (κ2) is 11.7. The standard InChI is InChI=1S/C23H27N5O2S/c1-5-27-21(29)19(22(30)28(6-2)23(27)31)15-13-11-9-7-8-10-12-14-18-16-25-20(17-24-18)26(3)4/h7-17H,5-6H2,1-4H3/b9-7+,10-8+,13-11+,14-12+. The highest BCUT2D eigenvalue weighted by atomic mass is 32.1. The Kier molecular flexibility index (Phi) is 9.02. The Morgan fingerprint density at radius 2 is 1.42 bits per heavy atom. The van der Waals surface area contributed by atoms with Crippen LogP contribution < -0.4 is 4.90 Å². The minimum absolute atomic E-state index is 0.113. The van der Waals surface area contributed by atoms with Gasteiger partial charge in [0, 0.05) is 27.2 Å². The summed E-state index contributed by atoms with van der Waals surface area (Å²) in [6, 6.07) is 0. The SMILES string of the molecule is CCN1C(=O)C(=C/C=C/C=C/C=C/C=C/c2cnc(N(C)C)cn2)C(=O)N(CC)C1=S. The van der Waals surface area contributed by atoms with Crippen LogP contribution in [0.5, 0.6) is 0 Å². The summed E-state index contributed by atoms with van der Waals surface area (Å²) in [5.74, 6) is 0.0895. The highest BCUT2D eigenvalue weighted by molar-refractivity contribution is 7.80. The van der Waals surface area contributed by atoms with E-state index in [9.17, 15) is 9.59 Å². The number of nitrogens with zero attached hydrogens (tertiary/aromatic N) is 5. The first-order valence-corrected chi connectivity index (χ1v) is 10.4. The minimum atomic E-state index is -0.359. The maximum absolute atomic E-state index is 12.5. The molecular weight excluding hydrogens is 410 g/mol. The molecule has 1 aliphatic rings. The van der Waals surface area contributed by atoms with Gasteiger partial charge in [-0.1, -0.05) is 42.5 Å². The van der Waals surface area contributed by atoms with E-state index in [4.69, 9.17) is 12.2 Å². The molecule has 1 aromatic heterocycles. The minimum Gasteiger partial charge on any atom is -0.361 e. The van der Waals surface area contributed by atoms with Crippen LogP contribution in [0.1, 0.15) is 19.5 Å². The molecule has 8 heteroatoms. The molecule has 0 saturated carbocycles. The van der Waals surface area contributed by atoms with Crippen LogP contribution in [-0.2, 0) is 9.59 Å². The van der Waals surface area contributed by atoms with Crippen LogP contribution in [0, 0.1) is 0 Å². The zero-order valence-corrected chi connectivity index (χ0v) is 19.0. The quantitative estimate of drug-likeness (QED) is 0.269. The summed E-state index contributed by atoms with van der Waals surface area (Å²) >= 11 is 5.24. The molecular formula is C23H27N5O2S. The maximum Gasteiger partial charge on any atom is 0.265 e. The Balaban J connectivity index is 1.93. The number of aromatic nitrogens is 2. The van der Waals surface area contributed by atoms with Crippen LogP contribution in [0.2, 0.25) is 0 Å². The number of rotatable bonds is 8. The van der Waals surface area contributed by atoms with Crippen molar-refractivity contribution in [2.24, 2.45) is 0 Å². The van der Waals surface area contributed by atoms with E-state index in [1.54, 1.807) is 24.5 Å². The van der Waals surface area contributed by atoms with Gasteiger partial charge in [-0.2, -0.15) is 0 Å². The number of amides is 2. The molecule has 1 saturated heterocycles. The van der Waals surface area contributed by atoms with Gasteiger partial charge in [-0.15, -0.1) is 0 Å². The number of carbonyl (C=O) groups is 2. The molecule has 31 heavy (non-hydrogen) atoms. The van der Waals surface area contributed by atoms with Gasteiger partial charge in [0.2, 0.25) is 0 Å². The van der Waals surface area contributed by atoms with Gasteiger partial charge < -0.3 is 4.90 Å². The fourth-order valence-corrected chi connectivity index (χ4v) is 3.10. The summed E-state index contributed by atoms with van der Waals surface area (Å²) in [5.41, 5.74) is 0.885. The molecule has 1 aromatic rings. The average Bonchev–Trinajstić information content (AvgIpc) is 2.75. The molecule has 0 spiro atoms. The summed E-state index contributed by atoms with van der Waals surface area (Å²) in [6.45, 7) is 4.50. The third kappa shape index (κ3) is 6.29. The lowest BCUT2D eigenvalue weighted by Gasteiger charge is -2.35. The fourth-order valence-electron chi connectivity index (χ4n) is 2.68. The van der Waals surface area contributed by atoms with Crippen LogP contribution in [0.3, 0.4) is 0 Å². The first-order valence-electron chi connectivity index (χ1n) is 9.96. The number of likely N-dealkylation sites (N-methyl/N-ethyl adjacent to an activating group) is 2. The topological polar surface area (TPSA) is 69.6 Å². The van der Waals surface area contributed by atoms with Gasteiger partial charge in [0.1, 0.15) is 11.4 Å². The smallest absolute Gasteiger partial charge is 0.265 e. The van der Waals surface area contributed by atoms with E-state index < -0.39 is 0 Å².